The molecule has 0 bridgehead atoms. The maximum atomic E-state index is 14.5. The summed E-state index contributed by atoms with van der Waals surface area (Å²) >= 11 is 0. The summed E-state index contributed by atoms with van der Waals surface area (Å²) in [5.74, 6) is -0.740. The molecule has 0 saturated carbocycles. The monoisotopic (exact) mass is 636 g/mol. The van der Waals surface area contributed by atoms with Crippen molar-refractivity contribution in [2.75, 3.05) is 18.0 Å². The van der Waals surface area contributed by atoms with Crippen LogP contribution in [0.25, 0.3) is 5.76 Å². The van der Waals surface area contributed by atoms with E-state index in [0.717, 1.165) is 61.6 Å². The number of allylic oxidation sites excluding steroid dienone is 7. The van der Waals surface area contributed by atoms with Crippen molar-refractivity contribution in [3.05, 3.63) is 135 Å². The molecule has 0 spiro atoms. The minimum Gasteiger partial charge on any atom is -0.872 e. The van der Waals surface area contributed by atoms with Gasteiger partial charge in [0.25, 0.3) is 0 Å². The van der Waals surface area contributed by atoms with Gasteiger partial charge in [0, 0.05) is 75.3 Å². The van der Waals surface area contributed by atoms with E-state index < -0.39 is 0 Å². The highest BCUT2D eigenvalue weighted by molar-refractivity contribution is 6.33. The van der Waals surface area contributed by atoms with Gasteiger partial charge in [-0.05, 0) is 43.5 Å². The third kappa shape index (κ3) is 4.62. The fourth-order valence-corrected chi connectivity index (χ4v) is 8.07. The summed E-state index contributed by atoms with van der Waals surface area (Å²) in [6, 6.07) is 23.9. The molecule has 3 aromatic carbocycles. The van der Waals surface area contributed by atoms with Gasteiger partial charge >= 0.3 is 0 Å². The summed E-state index contributed by atoms with van der Waals surface area (Å²) < 4.78 is 2.33. The summed E-state index contributed by atoms with van der Waals surface area (Å²) in [6.07, 6.45) is 8.04. The lowest BCUT2D eigenvalue weighted by atomic mass is 9.72. The molecular formula is C43H44N2O3. The molecule has 0 atom stereocenters. The predicted molar refractivity (Wildman–Crippen MR) is 192 cm³/mol. The van der Waals surface area contributed by atoms with E-state index in [0.29, 0.717) is 27.8 Å². The van der Waals surface area contributed by atoms with Crippen molar-refractivity contribution in [1.29, 1.82) is 0 Å². The molecule has 7 rings (SSSR count). The van der Waals surface area contributed by atoms with Crippen LogP contribution in [0, 0.1) is 0 Å². The summed E-state index contributed by atoms with van der Waals surface area (Å²) in [5.41, 5.74) is 8.26. The molecule has 0 radical (unpaired) electrons. The number of para-hydroxylation sites is 2. The van der Waals surface area contributed by atoms with E-state index in [-0.39, 0.29) is 33.7 Å². The van der Waals surface area contributed by atoms with Crippen molar-refractivity contribution in [3.8, 4) is 0 Å². The zero-order valence-corrected chi connectivity index (χ0v) is 28.9. The Morgan fingerprint density at radius 3 is 2.08 bits per heavy atom. The second-order valence-electron chi connectivity index (χ2n) is 14.5. The predicted octanol–water partition coefficient (Wildman–Crippen LogP) is 8.12. The molecule has 4 aliphatic rings. The first-order valence-electron chi connectivity index (χ1n) is 17.4. The number of fused-ring (bicyclic) bond motifs is 3. The summed E-state index contributed by atoms with van der Waals surface area (Å²) in [7, 11) is 0. The average Bonchev–Trinajstić information content (AvgIpc) is 3.56. The number of unbranched alkanes of at least 4 members (excludes halogenated alkanes) is 2. The van der Waals surface area contributed by atoms with Gasteiger partial charge in [0.2, 0.25) is 5.69 Å². The molecule has 0 fully saturated rings. The number of rotatable bonds is 9. The maximum absolute atomic E-state index is 14.5. The summed E-state index contributed by atoms with van der Waals surface area (Å²) in [5, 5.41) is 14.1. The van der Waals surface area contributed by atoms with Gasteiger partial charge in [-0.25, -0.2) is 0 Å². The Labute approximate surface area is 284 Å². The highest BCUT2D eigenvalue weighted by Gasteiger charge is 2.48. The molecule has 0 aromatic heterocycles. The highest BCUT2D eigenvalue weighted by Crippen LogP contribution is 2.51. The quantitative estimate of drug-likeness (QED) is 0.176. The number of hydrogen-bond donors (Lipinski definition) is 0. The van der Waals surface area contributed by atoms with Crippen LogP contribution in [0.2, 0.25) is 0 Å². The fourth-order valence-electron chi connectivity index (χ4n) is 8.07. The lowest BCUT2D eigenvalue weighted by molar-refractivity contribution is -0.438. The largest absolute Gasteiger partial charge is 0.872 e. The van der Waals surface area contributed by atoms with Crippen LogP contribution in [0.1, 0.15) is 94.3 Å². The van der Waals surface area contributed by atoms with Gasteiger partial charge in [-0.3, -0.25) is 9.59 Å². The third-order valence-corrected chi connectivity index (χ3v) is 10.8. The molecule has 5 heteroatoms. The van der Waals surface area contributed by atoms with E-state index in [1.54, 1.807) is 24.3 Å². The van der Waals surface area contributed by atoms with E-state index in [9.17, 15) is 14.7 Å². The smallest absolute Gasteiger partial charge is 0.209 e. The molecule has 0 amide bonds. The molecule has 0 saturated heterocycles. The number of nitrogens with zero attached hydrogens (tertiary/aromatic N) is 2. The van der Waals surface area contributed by atoms with Crippen LogP contribution in [0.4, 0.5) is 11.4 Å². The first kappa shape index (κ1) is 31.8. The number of benzene rings is 3. The number of anilines is 1. The molecule has 2 aliphatic carbocycles. The van der Waals surface area contributed by atoms with Gasteiger partial charge in [0.1, 0.15) is 6.54 Å². The molecule has 3 aromatic rings. The Morgan fingerprint density at radius 1 is 0.729 bits per heavy atom. The minimum absolute atomic E-state index is 0.108. The number of carbonyl (C=O) groups excluding carboxylic acids is 2. The SMILES string of the molecule is CCCCN1/C(=C/C2=C(C3=C([O-])c4ccccc4C3=O)C(=C/C3=[N+](CCCC)c4ccccc4C3(C)C)/C2=O)C(C)(C)c2ccccc21. The van der Waals surface area contributed by atoms with Crippen LogP contribution in [0.5, 0.6) is 0 Å². The molecular weight excluding hydrogens is 592 g/mol. The van der Waals surface area contributed by atoms with Crippen molar-refractivity contribution in [2.24, 2.45) is 0 Å². The topological polar surface area (TPSA) is 63.4 Å². The average molecular weight is 637 g/mol. The summed E-state index contributed by atoms with van der Waals surface area (Å²) in [6.45, 7) is 14.8. The van der Waals surface area contributed by atoms with E-state index in [4.69, 9.17) is 0 Å². The standard InChI is InChI=1S/C43H44N2O3/c1-7-9-23-44-33-21-15-13-19-31(33)42(3,4)35(44)25-29-37(38-40(47)27-17-11-12-18-28(27)41(38)48)30(39(29)46)26-36-43(5,6)32-20-14-16-22-34(32)45(36)24-10-8-2/h11-22,25-26H,7-10,23-24H2,1-6H3. The molecule has 2 heterocycles. The van der Waals surface area contributed by atoms with Gasteiger partial charge < -0.3 is 10.0 Å². The van der Waals surface area contributed by atoms with E-state index in [2.05, 4.69) is 99.5 Å². The Balaban J connectivity index is 1.46. The third-order valence-electron chi connectivity index (χ3n) is 10.8. The number of carbonyl (C=O) groups is 2. The second kappa shape index (κ2) is 11.7. The zero-order chi connectivity index (χ0) is 34.0. The maximum Gasteiger partial charge on any atom is 0.209 e. The van der Waals surface area contributed by atoms with Crippen LogP contribution in [-0.4, -0.2) is 34.9 Å². The molecule has 244 valence electrons. The van der Waals surface area contributed by atoms with Crippen molar-refractivity contribution in [1.82, 2.24) is 0 Å². The van der Waals surface area contributed by atoms with Gasteiger partial charge in [-0.15, -0.1) is 0 Å². The fraction of sp³-hybridized carbons (Fsp3) is 0.326. The van der Waals surface area contributed by atoms with Gasteiger partial charge in [-0.1, -0.05) is 107 Å². The van der Waals surface area contributed by atoms with Crippen LogP contribution >= 0.6 is 0 Å². The van der Waals surface area contributed by atoms with E-state index in [1.807, 2.05) is 12.2 Å². The van der Waals surface area contributed by atoms with Gasteiger partial charge in [0.15, 0.2) is 17.3 Å². The van der Waals surface area contributed by atoms with Crippen molar-refractivity contribution >= 4 is 34.4 Å². The lowest BCUT2D eigenvalue weighted by Gasteiger charge is -2.32. The number of ketones is 2. The Hall–Kier alpha value is -4.77. The van der Waals surface area contributed by atoms with Crippen LogP contribution in [0.3, 0.4) is 0 Å². The van der Waals surface area contributed by atoms with Crippen LogP contribution < -0.4 is 10.0 Å². The summed E-state index contributed by atoms with van der Waals surface area (Å²) in [4.78, 5) is 30.9. The molecule has 0 N–H and O–H groups in total. The molecule has 48 heavy (non-hydrogen) atoms. The number of hydrogen-bond acceptors (Lipinski definition) is 4. The molecule has 5 nitrogen and oxygen atoms in total. The van der Waals surface area contributed by atoms with Gasteiger partial charge in [-0.2, -0.15) is 4.58 Å². The highest BCUT2D eigenvalue weighted by atomic mass is 16.3. The van der Waals surface area contributed by atoms with Crippen molar-refractivity contribution in [3.63, 3.8) is 0 Å². The minimum atomic E-state index is -0.375. The van der Waals surface area contributed by atoms with Crippen molar-refractivity contribution < 1.29 is 19.3 Å². The normalized spacial score (nSPS) is 20.7. The number of Topliss-reactive ketones (excluding diaryl/α,β-unsaturated/α-hetero) is 2. The Bertz CT molecular complexity index is 2050. The second-order valence-corrected chi connectivity index (χ2v) is 14.5. The Kier molecular flexibility index (Phi) is 7.77. The molecule has 0 unspecified atom stereocenters. The Morgan fingerprint density at radius 2 is 1.38 bits per heavy atom. The lowest BCUT2D eigenvalue weighted by Crippen LogP contribution is -2.33. The molecule has 2 aliphatic heterocycles. The van der Waals surface area contributed by atoms with Crippen molar-refractivity contribution in [2.45, 2.75) is 78.1 Å². The van der Waals surface area contributed by atoms with E-state index in [1.165, 1.54) is 11.1 Å². The van der Waals surface area contributed by atoms with Crippen LogP contribution in [0.15, 0.2) is 113 Å². The van der Waals surface area contributed by atoms with Crippen LogP contribution in [-0.2, 0) is 15.6 Å². The van der Waals surface area contributed by atoms with E-state index >= 15 is 0 Å². The zero-order valence-electron chi connectivity index (χ0n) is 28.9. The first-order valence-corrected chi connectivity index (χ1v) is 17.4. The first-order chi connectivity index (χ1) is 23.0. The van der Waals surface area contributed by atoms with Gasteiger partial charge in [0.05, 0.1) is 5.41 Å².